The van der Waals surface area contributed by atoms with E-state index in [-0.39, 0.29) is 17.6 Å². The molecule has 1 aliphatic rings. The molecule has 0 aromatic heterocycles. The zero-order chi connectivity index (χ0) is 12.4. The van der Waals surface area contributed by atoms with Crippen molar-refractivity contribution in [2.75, 3.05) is 6.61 Å². The molecule has 0 saturated heterocycles. The van der Waals surface area contributed by atoms with Crippen LogP contribution in [0.1, 0.15) is 13.3 Å². The van der Waals surface area contributed by atoms with Gasteiger partial charge in [-0.25, -0.2) is 0 Å². The predicted molar refractivity (Wildman–Crippen MR) is 70.6 cm³/mol. The van der Waals surface area contributed by atoms with Crippen molar-refractivity contribution in [1.82, 2.24) is 0 Å². The molecule has 94 valence electrons. The first-order chi connectivity index (χ1) is 8.11. The van der Waals surface area contributed by atoms with Gasteiger partial charge in [-0.1, -0.05) is 23.2 Å². The third-order valence-corrected chi connectivity index (χ3v) is 3.88. The second kappa shape index (κ2) is 5.66. The summed E-state index contributed by atoms with van der Waals surface area (Å²) in [5.74, 6) is 0.692. The topological polar surface area (TPSA) is 18.5 Å². The van der Waals surface area contributed by atoms with E-state index < -0.39 is 0 Å². The molecule has 5 heteroatoms. The fraction of sp³-hybridized carbons (Fsp3) is 0.500. The van der Waals surface area contributed by atoms with Crippen molar-refractivity contribution < 1.29 is 9.47 Å². The van der Waals surface area contributed by atoms with Crippen LogP contribution in [0.4, 0.5) is 0 Å². The summed E-state index contributed by atoms with van der Waals surface area (Å²) in [4.78, 5) is 0. The number of hydrogen-bond acceptors (Lipinski definition) is 2. The maximum absolute atomic E-state index is 6.06. The lowest BCUT2D eigenvalue weighted by atomic mass is 9.91. The molecule has 0 radical (unpaired) electrons. The average molecular weight is 296 g/mol. The Labute approximate surface area is 116 Å². The Balaban J connectivity index is 1.99. The van der Waals surface area contributed by atoms with E-state index in [2.05, 4.69) is 0 Å². The number of ether oxygens (including phenoxy) is 2. The molecule has 3 atom stereocenters. The third-order valence-electron chi connectivity index (χ3n) is 2.72. The maximum Gasteiger partial charge on any atom is 0.128 e. The second-order valence-electron chi connectivity index (χ2n) is 3.90. The fourth-order valence-electron chi connectivity index (χ4n) is 1.77. The van der Waals surface area contributed by atoms with Gasteiger partial charge in [-0.2, -0.15) is 0 Å². The minimum Gasteiger partial charge on any atom is -0.488 e. The van der Waals surface area contributed by atoms with E-state index in [4.69, 9.17) is 44.3 Å². The van der Waals surface area contributed by atoms with Crippen molar-refractivity contribution >= 4 is 34.8 Å². The zero-order valence-electron chi connectivity index (χ0n) is 9.33. The highest BCUT2D eigenvalue weighted by atomic mass is 35.5. The Kier molecular flexibility index (Phi) is 4.42. The number of alkyl halides is 1. The molecule has 1 aliphatic carbocycles. The van der Waals surface area contributed by atoms with E-state index in [1.807, 2.05) is 6.92 Å². The monoisotopic (exact) mass is 294 g/mol. The molecular formula is C12H13Cl3O2. The number of hydrogen-bond donors (Lipinski definition) is 0. The van der Waals surface area contributed by atoms with Crippen LogP contribution in [-0.2, 0) is 4.74 Å². The van der Waals surface area contributed by atoms with Crippen LogP contribution >= 0.6 is 34.8 Å². The van der Waals surface area contributed by atoms with Gasteiger partial charge in [-0.15, -0.1) is 11.6 Å². The number of halogens is 3. The molecule has 0 N–H and O–H groups in total. The van der Waals surface area contributed by atoms with Gasteiger partial charge in [-0.3, -0.25) is 0 Å². The first-order valence-electron chi connectivity index (χ1n) is 5.49. The van der Waals surface area contributed by atoms with E-state index in [0.717, 1.165) is 6.42 Å². The zero-order valence-corrected chi connectivity index (χ0v) is 11.6. The largest absolute Gasteiger partial charge is 0.488 e. The van der Waals surface area contributed by atoms with E-state index in [0.29, 0.717) is 22.4 Å². The van der Waals surface area contributed by atoms with Crippen LogP contribution in [0.25, 0.3) is 0 Å². The van der Waals surface area contributed by atoms with E-state index >= 15 is 0 Å². The highest BCUT2D eigenvalue weighted by Gasteiger charge is 2.42. The molecule has 0 spiro atoms. The van der Waals surface area contributed by atoms with Crippen molar-refractivity contribution in [1.29, 1.82) is 0 Å². The van der Waals surface area contributed by atoms with Gasteiger partial charge >= 0.3 is 0 Å². The number of rotatable bonds is 4. The van der Waals surface area contributed by atoms with Gasteiger partial charge in [0.25, 0.3) is 0 Å². The van der Waals surface area contributed by atoms with Crippen LogP contribution in [0.15, 0.2) is 18.2 Å². The summed E-state index contributed by atoms with van der Waals surface area (Å²) in [7, 11) is 0. The van der Waals surface area contributed by atoms with Crippen molar-refractivity contribution in [2.45, 2.75) is 30.9 Å². The van der Waals surface area contributed by atoms with Crippen LogP contribution in [-0.4, -0.2) is 24.2 Å². The van der Waals surface area contributed by atoms with Crippen molar-refractivity contribution in [3.05, 3.63) is 28.2 Å². The van der Waals surface area contributed by atoms with Gasteiger partial charge in [-0.05, 0) is 19.1 Å². The lowest BCUT2D eigenvalue weighted by Crippen LogP contribution is -2.52. The molecule has 0 amide bonds. The van der Waals surface area contributed by atoms with Crippen LogP contribution in [0.3, 0.4) is 0 Å². The Morgan fingerprint density at radius 2 is 2.06 bits per heavy atom. The molecular weight excluding hydrogens is 282 g/mol. The summed E-state index contributed by atoms with van der Waals surface area (Å²) in [5.41, 5.74) is 0. The Hall–Kier alpha value is -0.150. The Bertz CT molecular complexity index is 397. The van der Waals surface area contributed by atoms with E-state index in [9.17, 15) is 0 Å². The summed E-state index contributed by atoms with van der Waals surface area (Å²) in [6.45, 7) is 2.58. The van der Waals surface area contributed by atoms with Gasteiger partial charge in [0.05, 0.1) is 15.4 Å². The smallest absolute Gasteiger partial charge is 0.128 e. The normalized spacial score (nSPS) is 27.6. The molecule has 0 heterocycles. The molecule has 0 aliphatic heterocycles. The van der Waals surface area contributed by atoms with Crippen molar-refractivity contribution in [3.63, 3.8) is 0 Å². The summed E-state index contributed by atoms with van der Waals surface area (Å²) in [6.07, 6.45) is 0.734. The maximum atomic E-state index is 6.06. The predicted octanol–water partition coefficient (Wildman–Crippen LogP) is 4.16. The average Bonchev–Trinajstić information content (AvgIpc) is 2.30. The molecule has 1 fully saturated rings. The minimum absolute atomic E-state index is 0.00491. The van der Waals surface area contributed by atoms with Gasteiger partial charge in [0.2, 0.25) is 0 Å². The van der Waals surface area contributed by atoms with Crippen molar-refractivity contribution in [3.8, 4) is 5.75 Å². The minimum atomic E-state index is -0.0453. The van der Waals surface area contributed by atoms with Crippen LogP contribution in [0.2, 0.25) is 10.0 Å². The lowest BCUT2D eigenvalue weighted by Gasteiger charge is -2.40. The van der Waals surface area contributed by atoms with Gasteiger partial charge < -0.3 is 9.47 Å². The highest BCUT2D eigenvalue weighted by Crippen LogP contribution is 2.34. The first kappa shape index (κ1) is 13.3. The SMILES string of the molecule is CCOC1C(Cl)CC1Oc1ccc(Cl)c(Cl)c1. The molecule has 1 aromatic rings. The molecule has 2 rings (SSSR count). The van der Waals surface area contributed by atoms with Crippen LogP contribution < -0.4 is 4.74 Å². The molecule has 0 bridgehead atoms. The first-order valence-corrected chi connectivity index (χ1v) is 6.68. The molecule has 3 unspecified atom stereocenters. The molecule has 2 nitrogen and oxygen atoms in total. The Morgan fingerprint density at radius 3 is 2.65 bits per heavy atom. The Morgan fingerprint density at radius 1 is 1.29 bits per heavy atom. The second-order valence-corrected chi connectivity index (χ2v) is 5.28. The number of benzene rings is 1. The summed E-state index contributed by atoms with van der Waals surface area (Å²) >= 11 is 17.8. The molecule has 1 saturated carbocycles. The quantitative estimate of drug-likeness (QED) is 0.777. The van der Waals surface area contributed by atoms with Crippen LogP contribution in [0, 0.1) is 0 Å². The third kappa shape index (κ3) is 3.00. The van der Waals surface area contributed by atoms with Gasteiger partial charge in [0.15, 0.2) is 0 Å². The summed E-state index contributed by atoms with van der Waals surface area (Å²) in [5, 5.41) is 1.03. The van der Waals surface area contributed by atoms with E-state index in [1.165, 1.54) is 0 Å². The fourth-order valence-corrected chi connectivity index (χ4v) is 2.47. The molecule has 1 aromatic carbocycles. The lowest BCUT2D eigenvalue weighted by molar-refractivity contribution is -0.0759. The summed E-state index contributed by atoms with van der Waals surface area (Å²) < 4.78 is 11.3. The van der Waals surface area contributed by atoms with Gasteiger partial charge in [0, 0.05) is 19.1 Å². The summed E-state index contributed by atoms with van der Waals surface area (Å²) in [6, 6.07) is 5.21. The highest BCUT2D eigenvalue weighted by molar-refractivity contribution is 6.42. The van der Waals surface area contributed by atoms with Crippen molar-refractivity contribution in [2.24, 2.45) is 0 Å². The van der Waals surface area contributed by atoms with E-state index in [1.54, 1.807) is 18.2 Å². The molecule has 17 heavy (non-hydrogen) atoms. The van der Waals surface area contributed by atoms with Gasteiger partial charge in [0.1, 0.15) is 18.0 Å². The standard InChI is InChI=1S/C12H13Cl3O2/c1-2-16-12-10(15)6-11(12)17-7-3-4-8(13)9(14)5-7/h3-5,10-12H,2,6H2,1H3. The van der Waals surface area contributed by atoms with Crippen LogP contribution in [0.5, 0.6) is 5.75 Å².